The fraction of sp³-hybridized carbons (Fsp3) is 0.250. The number of rotatable bonds is 4. The Morgan fingerprint density at radius 1 is 1.24 bits per heavy atom. The zero-order chi connectivity index (χ0) is 15.4. The van der Waals surface area contributed by atoms with Gasteiger partial charge in [-0.3, -0.25) is 9.78 Å². The van der Waals surface area contributed by atoms with E-state index in [9.17, 15) is 4.79 Å². The van der Waals surface area contributed by atoms with Crippen molar-refractivity contribution in [1.29, 1.82) is 0 Å². The van der Waals surface area contributed by atoms with Crippen LogP contribution >= 0.6 is 0 Å². The lowest BCUT2D eigenvalue weighted by Gasteiger charge is -2.19. The molecule has 1 heterocycles. The molecule has 110 valence electrons. The lowest BCUT2D eigenvalue weighted by molar-refractivity contribution is -0.117. The Morgan fingerprint density at radius 3 is 2.52 bits per heavy atom. The summed E-state index contributed by atoms with van der Waals surface area (Å²) in [6.45, 7) is 1.99. The van der Waals surface area contributed by atoms with Crippen LogP contribution in [-0.2, 0) is 4.79 Å². The Bertz CT molecular complexity index is 622. The van der Waals surface area contributed by atoms with Crippen LogP contribution in [0.15, 0.2) is 42.7 Å². The van der Waals surface area contributed by atoms with E-state index in [1.807, 2.05) is 56.3 Å². The van der Waals surface area contributed by atoms with Gasteiger partial charge < -0.3 is 16.0 Å². The summed E-state index contributed by atoms with van der Waals surface area (Å²) in [6, 6.07) is 8.76. The summed E-state index contributed by atoms with van der Waals surface area (Å²) in [7, 11) is 3.82. The van der Waals surface area contributed by atoms with Gasteiger partial charge in [0, 0.05) is 20.3 Å². The molecule has 2 rings (SSSR count). The number of nitrogens with two attached hydrogens (primary N) is 1. The van der Waals surface area contributed by atoms with Gasteiger partial charge in [-0.1, -0.05) is 29.8 Å². The first kappa shape index (κ1) is 15.0. The second kappa shape index (κ2) is 6.37. The first-order valence-corrected chi connectivity index (χ1v) is 6.73. The van der Waals surface area contributed by atoms with Crippen LogP contribution in [0.25, 0.3) is 0 Å². The number of nitrogens with zero attached hydrogens (tertiary/aromatic N) is 2. The van der Waals surface area contributed by atoms with Gasteiger partial charge in [-0.25, -0.2) is 0 Å². The van der Waals surface area contributed by atoms with Gasteiger partial charge in [0.05, 0.1) is 17.6 Å². The molecule has 0 aliphatic carbocycles. The molecule has 0 saturated heterocycles. The summed E-state index contributed by atoms with van der Waals surface area (Å²) in [6.07, 6.45) is 3.31. The number of pyridine rings is 1. The molecule has 0 aliphatic rings. The van der Waals surface area contributed by atoms with Crippen molar-refractivity contribution in [3.8, 4) is 0 Å². The van der Waals surface area contributed by atoms with Gasteiger partial charge in [-0.05, 0) is 18.6 Å². The molecule has 1 atom stereocenters. The van der Waals surface area contributed by atoms with Crippen molar-refractivity contribution in [3.63, 3.8) is 0 Å². The van der Waals surface area contributed by atoms with E-state index >= 15 is 0 Å². The van der Waals surface area contributed by atoms with E-state index < -0.39 is 6.04 Å². The van der Waals surface area contributed by atoms with Crippen LogP contribution < -0.4 is 16.0 Å². The minimum Gasteiger partial charge on any atom is -0.376 e. The van der Waals surface area contributed by atoms with Crippen LogP contribution in [0.3, 0.4) is 0 Å². The largest absolute Gasteiger partial charge is 0.376 e. The predicted octanol–water partition coefficient (Wildman–Crippen LogP) is 2.09. The van der Waals surface area contributed by atoms with Crippen LogP contribution in [0.2, 0.25) is 0 Å². The lowest BCUT2D eigenvalue weighted by Crippen LogP contribution is -2.28. The van der Waals surface area contributed by atoms with E-state index in [1.54, 1.807) is 12.4 Å². The van der Waals surface area contributed by atoms with Gasteiger partial charge in [0.2, 0.25) is 5.91 Å². The zero-order valence-electron chi connectivity index (χ0n) is 12.5. The molecule has 0 bridgehead atoms. The van der Waals surface area contributed by atoms with Crippen LogP contribution in [0.1, 0.15) is 17.2 Å². The molecule has 1 amide bonds. The van der Waals surface area contributed by atoms with Crippen molar-refractivity contribution in [3.05, 3.63) is 53.9 Å². The Hall–Kier alpha value is -2.40. The van der Waals surface area contributed by atoms with E-state index in [0.717, 1.165) is 16.8 Å². The van der Waals surface area contributed by atoms with Crippen molar-refractivity contribution >= 4 is 17.3 Å². The summed E-state index contributed by atoms with van der Waals surface area (Å²) in [5.74, 6) is -0.255. The molecule has 5 heteroatoms. The molecule has 1 aromatic carbocycles. The minimum absolute atomic E-state index is 0.255. The van der Waals surface area contributed by atoms with Crippen molar-refractivity contribution in [2.24, 2.45) is 5.73 Å². The normalized spacial score (nSPS) is 11.8. The van der Waals surface area contributed by atoms with Gasteiger partial charge >= 0.3 is 0 Å². The number of aryl methyl sites for hydroxylation is 1. The number of carbonyl (C=O) groups excluding carboxylic acids is 1. The highest BCUT2D eigenvalue weighted by atomic mass is 16.2. The van der Waals surface area contributed by atoms with Gasteiger partial charge in [0.1, 0.15) is 6.04 Å². The number of aromatic nitrogens is 1. The maximum absolute atomic E-state index is 12.3. The summed E-state index contributed by atoms with van der Waals surface area (Å²) in [5, 5.41) is 2.84. The van der Waals surface area contributed by atoms with Crippen molar-refractivity contribution < 1.29 is 4.79 Å². The van der Waals surface area contributed by atoms with E-state index in [1.165, 1.54) is 0 Å². The van der Waals surface area contributed by atoms with Crippen LogP contribution in [0.5, 0.6) is 0 Å². The molecule has 0 radical (unpaired) electrons. The SMILES string of the molecule is Cc1ccc(C(N)C(=O)Nc2cnccc2N(C)C)cc1. The highest BCUT2D eigenvalue weighted by molar-refractivity contribution is 5.97. The number of hydrogen-bond donors (Lipinski definition) is 2. The average Bonchev–Trinajstić information content (AvgIpc) is 2.47. The topological polar surface area (TPSA) is 71.2 Å². The maximum Gasteiger partial charge on any atom is 0.245 e. The molecule has 0 spiro atoms. The molecule has 3 N–H and O–H groups in total. The van der Waals surface area contributed by atoms with Crippen LogP contribution in [0, 0.1) is 6.92 Å². The molecule has 2 aromatic rings. The summed E-state index contributed by atoms with van der Waals surface area (Å²) in [4.78, 5) is 18.2. The van der Waals surface area contributed by atoms with E-state index in [4.69, 9.17) is 5.73 Å². The monoisotopic (exact) mass is 284 g/mol. The van der Waals surface area contributed by atoms with Crippen LogP contribution in [-0.4, -0.2) is 25.0 Å². The number of hydrogen-bond acceptors (Lipinski definition) is 4. The molecule has 1 aromatic heterocycles. The molecule has 1 unspecified atom stereocenters. The summed E-state index contributed by atoms with van der Waals surface area (Å²) < 4.78 is 0. The second-order valence-corrected chi connectivity index (χ2v) is 5.16. The average molecular weight is 284 g/mol. The van der Waals surface area contributed by atoms with Gasteiger partial charge in [0.15, 0.2) is 0 Å². The van der Waals surface area contributed by atoms with Gasteiger partial charge in [-0.2, -0.15) is 0 Å². The van der Waals surface area contributed by atoms with E-state index in [0.29, 0.717) is 5.69 Å². The van der Waals surface area contributed by atoms with Gasteiger partial charge in [0.25, 0.3) is 0 Å². The molecule has 0 saturated carbocycles. The maximum atomic E-state index is 12.3. The first-order chi connectivity index (χ1) is 9.99. The van der Waals surface area contributed by atoms with E-state index in [-0.39, 0.29) is 5.91 Å². The van der Waals surface area contributed by atoms with Crippen molar-refractivity contribution in [2.45, 2.75) is 13.0 Å². The van der Waals surface area contributed by atoms with Crippen molar-refractivity contribution in [2.75, 3.05) is 24.3 Å². The Labute approximate surface area is 124 Å². The Morgan fingerprint density at radius 2 is 1.90 bits per heavy atom. The second-order valence-electron chi connectivity index (χ2n) is 5.16. The summed E-state index contributed by atoms with van der Waals surface area (Å²) >= 11 is 0. The molecule has 21 heavy (non-hydrogen) atoms. The van der Waals surface area contributed by atoms with Crippen molar-refractivity contribution in [1.82, 2.24) is 4.98 Å². The third-order valence-electron chi connectivity index (χ3n) is 3.26. The number of amides is 1. The smallest absolute Gasteiger partial charge is 0.245 e. The highest BCUT2D eigenvalue weighted by Gasteiger charge is 2.17. The fourth-order valence-corrected chi connectivity index (χ4v) is 2.01. The number of anilines is 2. The lowest BCUT2D eigenvalue weighted by atomic mass is 10.1. The molecule has 5 nitrogen and oxygen atoms in total. The molecular formula is C16H20N4O. The molecule has 0 fully saturated rings. The molecule has 0 aliphatic heterocycles. The highest BCUT2D eigenvalue weighted by Crippen LogP contribution is 2.23. The van der Waals surface area contributed by atoms with E-state index in [2.05, 4.69) is 10.3 Å². The quantitative estimate of drug-likeness (QED) is 0.902. The number of carbonyl (C=O) groups is 1. The Balaban J connectivity index is 2.16. The third-order valence-corrected chi connectivity index (χ3v) is 3.26. The third kappa shape index (κ3) is 3.58. The zero-order valence-corrected chi connectivity index (χ0v) is 12.5. The minimum atomic E-state index is -0.708. The Kier molecular flexibility index (Phi) is 4.55. The van der Waals surface area contributed by atoms with Gasteiger partial charge in [-0.15, -0.1) is 0 Å². The standard InChI is InChI=1S/C16H20N4O/c1-11-4-6-12(7-5-11)15(17)16(21)19-13-10-18-9-8-14(13)20(2)3/h4-10,15H,17H2,1-3H3,(H,19,21). The predicted molar refractivity (Wildman–Crippen MR) is 85.3 cm³/mol. The number of nitrogens with one attached hydrogen (secondary N) is 1. The number of benzene rings is 1. The fourth-order valence-electron chi connectivity index (χ4n) is 2.01. The first-order valence-electron chi connectivity index (χ1n) is 6.73. The van der Waals surface area contributed by atoms with Crippen LogP contribution in [0.4, 0.5) is 11.4 Å². The molecular weight excluding hydrogens is 264 g/mol. The summed E-state index contributed by atoms with van der Waals surface area (Å²) in [5.41, 5.74) is 9.47.